The fraction of sp³-hybridized carbons (Fsp3) is 0.935. The maximum absolute atomic E-state index is 11.3. The third-order valence-electron chi connectivity index (χ3n) is 11.7. The van der Waals surface area contributed by atoms with Crippen molar-refractivity contribution in [1.29, 1.82) is 0 Å². The average molecular weight is 489 g/mol. The molecule has 9 atom stereocenters. The molecule has 0 saturated heterocycles. The summed E-state index contributed by atoms with van der Waals surface area (Å²) >= 11 is 0. The number of aliphatic hydroxyl groups excluding tert-OH is 1. The second kappa shape index (κ2) is 9.10. The predicted molar refractivity (Wildman–Crippen MR) is 140 cm³/mol. The highest BCUT2D eigenvalue weighted by Gasteiger charge is 2.60. The number of hydrogen-bond donors (Lipinski definition) is 3. The van der Waals surface area contributed by atoms with Gasteiger partial charge in [-0.3, -0.25) is 0 Å². The standard InChI is InChI=1S/C31H52O4/c1-20(7-6-14-28(2,3)33)22-10-11-23-21-8-9-25-27(32)26(35-19-31(34)17-18-31)13-16-30(25,5)24(21)12-15-29(22,23)4/h9,20-24,26-27,32-34H,6-8,10-19H2,1-5H3/t20-,21+,22-,23+,24+,26+,27-,29-,30-/m1/s1. The van der Waals surface area contributed by atoms with Gasteiger partial charge in [0.25, 0.3) is 0 Å². The molecule has 0 aromatic heterocycles. The zero-order chi connectivity index (χ0) is 25.2. The molecule has 35 heavy (non-hydrogen) atoms. The molecule has 4 saturated carbocycles. The molecule has 0 unspecified atom stereocenters. The van der Waals surface area contributed by atoms with Gasteiger partial charge in [-0.1, -0.05) is 39.7 Å². The maximum atomic E-state index is 11.3. The molecule has 4 heteroatoms. The summed E-state index contributed by atoms with van der Waals surface area (Å²) < 4.78 is 6.07. The fourth-order valence-electron chi connectivity index (χ4n) is 9.46. The Morgan fingerprint density at radius 2 is 1.80 bits per heavy atom. The van der Waals surface area contributed by atoms with E-state index in [0.29, 0.717) is 17.9 Å². The third-order valence-corrected chi connectivity index (χ3v) is 11.7. The third kappa shape index (κ3) is 4.79. The molecule has 5 rings (SSSR count). The summed E-state index contributed by atoms with van der Waals surface area (Å²) in [5, 5.41) is 31.7. The van der Waals surface area contributed by atoms with E-state index in [1.165, 1.54) is 37.7 Å². The van der Waals surface area contributed by atoms with E-state index in [4.69, 9.17) is 4.74 Å². The number of allylic oxidation sites excluding steroid dienone is 1. The van der Waals surface area contributed by atoms with Gasteiger partial charge in [0.05, 0.1) is 23.9 Å². The first-order chi connectivity index (χ1) is 16.4. The molecule has 0 bridgehead atoms. The van der Waals surface area contributed by atoms with Crippen molar-refractivity contribution < 1.29 is 20.1 Å². The summed E-state index contributed by atoms with van der Waals surface area (Å²) in [5.41, 5.74) is 0.612. The van der Waals surface area contributed by atoms with Crippen molar-refractivity contribution in [3.05, 3.63) is 11.6 Å². The molecule has 0 heterocycles. The quantitative estimate of drug-likeness (QED) is 0.365. The summed E-state index contributed by atoms with van der Waals surface area (Å²) in [6, 6.07) is 0. The summed E-state index contributed by atoms with van der Waals surface area (Å²) in [4.78, 5) is 0. The van der Waals surface area contributed by atoms with E-state index in [1.54, 1.807) is 0 Å². The molecular formula is C31H52O4. The van der Waals surface area contributed by atoms with Gasteiger partial charge in [0.2, 0.25) is 0 Å². The number of aliphatic hydroxyl groups is 3. The molecule has 0 amide bonds. The molecule has 0 aromatic rings. The Morgan fingerprint density at radius 1 is 1.06 bits per heavy atom. The molecule has 3 N–H and O–H groups in total. The van der Waals surface area contributed by atoms with Crippen LogP contribution >= 0.6 is 0 Å². The number of hydrogen-bond acceptors (Lipinski definition) is 4. The fourth-order valence-corrected chi connectivity index (χ4v) is 9.46. The van der Waals surface area contributed by atoms with Crippen LogP contribution in [0.1, 0.15) is 112 Å². The largest absolute Gasteiger partial charge is 0.390 e. The maximum Gasteiger partial charge on any atom is 0.102 e. The van der Waals surface area contributed by atoms with E-state index in [2.05, 4.69) is 26.8 Å². The molecule has 0 radical (unpaired) electrons. The van der Waals surface area contributed by atoms with Crippen LogP contribution in [0, 0.1) is 40.4 Å². The molecule has 4 fully saturated rings. The summed E-state index contributed by atoms with van der Waals surface area (Å²) in [6.07, 6.45) is 15.1. The van der Waals surface area contributed by atoms with Crippen LogP contribution in [0.5, 0.6) is 0 Å². The topological polar surface area (TPSA) is 69.9 Å². The molecule has 0 aromatic carbocycles. The normalized spacial score (nSPS) is 45.2. The van der Waals surface area contributed by atoms with E-state index >= 15 is 0 Å². The first-order valence-electron chi connectivity index (χ1n) is 14.8. The van der Waals surface area contributed by atoms with Gasteiger partial charge in [-0.25, -0.2) is 0 Å². The van der Waals surface area contributed by atoms with E-state index < -0.39 is 17.3 Å². The molecule has 0 aliphatic heterocycles. The van der Waals surface area contributed by atoms with Gasteiger partial charge >= 0.3 is 0 Å². The van der Waals surface area contributed by atoms with Crippen LogP contribution in [0.25, 0.3) is 0 Å². The van der Waals surface area contributed by atoms with Crippen LogP contribution in [0.15, 0.2) is 11.6 Å². The summed E-state index contributed by atoms with van der Waals surface area (Å²) in [6.45, 7) is 11.8. The van der Waals surface area contributed by atoms with E-state index in [9.17, 15) is 15.3 Å². The Morgan fingerprint density at radius 3 is 2.49 bits per heavy atom. The monoisotopic (exact) mass is 488 g/mol. The lowest BCUT2D eigenvalue weighted by Gasteiger charge is -2.59. The van der Waals surface area contributed by atoms with Crippen LogP contribution in [0.4, 0.5) is 0 Å². The minimum atomic E-state index is -0.620. The Hall–Kier alpha value is -0.420. The smallest absolute Gasteiger partial charge is 0.102 e. The minimum absolute atomic E-state index is 0.0937. The predicted octanol–water partition coefficient (Wildman–Crippen LogP) is 6.02. The van der Waals surface area contributed by atoms with Crippen molar-refractivity contribution in [2.75, 3.05) is 6.61 Å². The van der Waals surface area contributed by atoms with Crippen LogP contribution in [-0.2, 0) is 4.74 Å². The van der Waals surface area contributed by atoms with E-state index in [1.807, 2.05) is 13.8 Å². The van der Waals surface area contributed by atoms with Gasteiger partial charge in [0.1, 0.15) is 6.10 Å². The number of fused-ring (bicyclic) bond motifs is 5. The SMILES string of the molecule is C[C@H](CCCC(C)(C)O)[C@H]1CC[C@H]2[C@@H]3CC=C4[C@@H](O)[C@@H](OCC5(O)CC5)CC[C@]4(C)[C@H]3CC[C@]12C. The Kier molecular flexibility index (Phi) is 6.81. The van der Waals surface area contributed by atoms with Crippen molar-refractivity contribution in [2.45, 2.75) is 135 Å². The highest BCUT2D eigenvalue weighted by Crippen LogP contribution is 2.67. The van der Waals surface area contributed by atoms with Crippen molar-refractivity contribution in [3.63, 3.8) is 0 Å². The van der Waals surface area contributed by atoms with Gasteiger partial charge in [-0.05, 0) is 124 Å². The zero-order valence-electron chi connectivity index (χ0n) is 23.1. The van der Waals surface area contributed by atoms with Gasteiger partial charge in [-0.15, -0.1) is 0 Å². The Labute approximate surface area is 213 Å². The Balaban J connectivity index is 1.27. The van der Waals surface area contributed by atoms with E-state index in [-0.39, 0.29) is 11.5 Å². The molecule has 5 aliphatic carbocycles. The van der Waals surface area contributed by atoms with Crippen molar-refractivity contribution >= 4 is 0 Å². The molecule has 5 aliphatic rings. The molecule has 200 valence electrons. The first kappa shape index (κ1) is 26.2. The lowest BCUT2D eigenvalue weighted by molar-refractivity contribution is -0.111. The van der Waals surface area contributed by atoms with Gasteiger partial charge in [-0.2, -0.15) is 0 Å². The van der Waals surface area contributed by atoms with Gasteiger partial charge in [0, 0.05) is 0 Å². The lowest BCUT2D eigenvalue weighted by Crippen LogP contribution is -2.54. The first-order valence-corrected chi connectivity index (χ1v) is 14.8. The van der Waals surface area contributed by atoms with Gasteiger partial charge < -0.3 is 20.1 Å². The van der Waals surface area contributed by atoms with Crippen LogP contribution < -0.4 is 0 Å². The molecule has 4 nitrogen and oxygen atoms in total. The van der Waals surface area contributed by atoms with Crippen LogP contribution in [0.3, 0.4) is 0 Å². The zero-order valence-corrected chi connectivity index (χ0v) is 23.1. The summed E-state index contributed by atoms with van der Waals surface area (Å²) in [5.74, 6) is 3.75. The van der Waals surface area contributed by atoms with E-state index in [0.717, 1.165) is 68.6 Å². The highest BCUT2D eigenvalue weighted by molar-refractivity contribution is 5.29. The summed E-state index contributed by atoms with van der Waals surface area (Å²) in [7, 11) is 0. The molecular weight excluding hydrogens is 436 g/mol. The van der Waals surface area contributed by atoms with Crippen molar-refractivity contribution in [1.82, 2.24) is 0 Å². The van der Waals surface area contributed by atoms with Crippen LogP contribution in [0.2, 0.25) is 0 Å². The molecule has 0 spiro atoms. The van der Waals surface area contributed by atoms with Crippen LogP contribution in [-0.4, -0.2) is 45.3 Å². The number of rotatable bonds is 8. The van der Waals surface area contributed by atoms with Crippen molar-refractivity contribution in [3.8, 4) is 0 Å². The minimum Gasteiger partial charge on any atom is -0.390 e. The number of ether oxygens (including phenoxy) is 1. The lowest BCUT2D eigenvalue weighted by atomic mass is 9.46. The Bertz CT molecular complexity index is 809. The second-order valence-electron chi connectivity index (χ2n) is 14.7. The average Bonchev–Trinajstić information content (AvgIpc) is 3.39. The van der Waals surface area contributed by atoms with Crippen molar-refractivity contribution in [2.24, 2.45) is 40.4 Å². The second-order valence-corrected chi connectivity index (χ2v) is 14.7. The van der Waals surface area contributed by atoms with Gasteiger partial charge in [0.15, 0.2) is 0 Å². The highest BCUT2D eigenvalue weighted by atomic mass is 16.5.